The van der Waals surface area contributed by atoms with Gasteiger partial charge in [0.05, 0.1) is 17.4 Å². The number of sulfone groups is 1. The van der Waals surface area contributed by atoms with Crippen LogP contribution < -0.4 is 0 Å². The van der Waals surface area contributed by atoms with Crippen LogP contribution in [-0.4, -0.2) is 48.9 Å². The van der Waals surface area contributed by atoms with E-state index in [9.17, 15) is 27.6 Å². The van der Waals surface area contributed by atoms with Crippen LogP contribution >= 0.6 is 0 Å². The maximum absolute atomic E-state index is 12.8. The molecular formula is C24H23NO6S. The van der Waals surface area contributed by atoms with Gasteiger partial charge in [-0.2, -0.15) is 0 Å². The number of hydrogen-bond acceptors (Lipinski definition) is 6. The monoisotopic (exact) mass is 453 g/mol. The second-order valence-electron chi connectivity index (χ2n) is 8.38. The van der Waals surface area contributed by atoms with Crippen molar-refractivity contribution in [1.29, 1.82) is 0 Å². The van der Waals surface area contributed by atoms with Gasteiger partial charge in [-0.05, 0) is 42.2 Å². The second-order valence-corrected chi connectivity index (χ2v) is 10.4. The van der Waals surface area contributed by atoms with Gasteiger partial charge in [0.15, 0.2) is 21.4 Å². The molecule has 1 aliphatic heterocycles. The van der Waals surface area contributed by atoms with Crippen LogP contribution in [0.2, 0.25) is 0 Å². The van der Waals surface area contributed by atoms with E-state index < -0.39 is 15.9 Å². The Morgan fingerprint density at radius 2 is 1.78 bits per heavy atom. The fraction of sp³-hybridized carbons (Fsp3) is 0.333. The number of hydrogen-bond donors (Lipinski definition) is 0. The number of rotatable bonds is 6. The summed E-state index contributed by atoms with van der Waals surface area (Å²) in [6.45, 7) is 0.327. The molecule has 1 aliphatic carbocycles. The van der Waals surface area contributed by atoms with Crippen molar-refractivity contribution < 1.29 is 27.6 Å². The lowest BCUT2D eigenvalue weighted by Crippen LogP contribution is -2.44. The molecule has 2 aromatic carbocycles. The normalized spacial score (nSPS) is 18.7. The third-order valence-corrected chi connectivity index (χ3v) is 7.19. The largest absolute Gasteiger partial charge is 0.324 e. The quantitative estimate of drug-likeness (QED) is 0.492. The van der Waals surface area contributed by atoms with Gasteiger partial charge in [-0.15, -0.1) is 0 Å². The molecule has 7 nitrogen and oxygen atoms in total. The SMILES string of the molecule is CS(=O)(=O)c1ccc(C(=O)CCc2ccc3c(c2)CN(C2CCC(=O)CC2=O)C3=O)cc1. The highest BCUT2D eigenvalue weighted by atomic mass is 32.2. The first-order chi connectivity index (χ1) is 15.1. The number of carbonyl (C=O) groups is 4. The first kappa shape index (κ1) is 22.1. The van der Waals surface area contributed by atoms with E-state index in [1.165, 1.54) is 24.3 Å². The van der Waals surface area contributed by atoms with E-state index in [1.54, 1.807) is 11.0 Å². The molecule has 1 saturated carbocycles. The van der Waals surface area contributed by atoms with Crippen molar-refractivity contribution in [2.24, 2.45) is 0 Å². The summed E-state index contributed by atoms with van der Waals surface area (Å²) in [6.07, 6.45) is 2.42. The summed E-state index contributed by atoms with van der Waals surface area (Å²) < 4.78 is 23.1. The summed E-state index contributed by atoms with van der Waals surface area (Å²) in [7, 11) is -3.31. The zero-order chi connectivity index (χ0) is 23.0. The van der Waals surface area contributed by atoms with Gasteiger partial charge in [-0.3, -0.25) is 19.2 Å². The number of fused-ring (bicyclic) bond motifs is 1. The number of nitrogens with zero attached hydrogens (tertiary/aromatic N) is 1. The predicted molar refractivity (Wildman–Crippen MR) is 116 cm³/mol. The smallest absolute Gasteiger partial charge is 0.255 e. The molecular weight excluding hydrogens is 430 g/mol. The Morgan fingerprint density at radius 3 is 2.44 bits per heavy atom. The van der Waals surface area contributed by atoms with Crippen LogP contribution in [0.4, 0.5) is 0 Å². The van der Waals surface area contributed by atoms with Crippen LogP contribution in [0.15, 0.2) is 47.4 Å². The van der Waals surface area contributed by atoms with Crippen LogP contribution in [0.25, 0.3) is 0 Å². The van der Waals surface area contributed by atoms with Gasteiger partial charge in [-0.25, -0.2) is 8.42 Å². The third-order valence-electron chi connectivity index (χ3n) is 6.06. The highest BCUT2D eigenvalue weighted by Crippen LogP contribution is 2.30. The Morgan fingerprint density at radius 1 is 1.06 bits per heavy atom. The lowest BCUT2D eigenvalue weighted by molar-refractivity contribution is -0.133. The average molecular weight is 454 g/mol. The fourth-order valence-corrected chi connectivity index (χ4v) is 4.91. The van der Waals surface area contributed by atoms with Gasteiger partial charge in [0.25, 0.3) is 5.91 Å². The van der Waals surface area contributed by atoms with E-state index in [0.29, 0.717) is 36.9 Å². The summed E-state index contributed by atoms with van der Waals surface area (Å²) in [4.78, 5) is 50.8. The first-order valence-electron chi connectivity index (χ1n) is 10.4. The summed E-state index contributed by atoms with van der Waals surface area (Å²) >= 11 is 0. The van der Waals surface area contributed by atoms with Crippen LogP contribution in [-0.2, 0) is 32.4 Å². The molecule has 0 spiro atoms. The minimum absolute atomic E-state index is 0.0756. The highest BCUT2D eigenvalue weighted by molar-refractivity contribution is 7.90. The summed E-state index contributed by atoms with van der Waals surface area (Å²) in [6, 6.07) is 10.8. The molecule has 1 atom stereocenters. The van der Waals surface area contributed by atoms with Crippen LogP contribution in [0.5, 0.6) is 0 Å². The molecule has 4 rings (SSSR count). The molecule has 1 amide bonds. The first-order valence-corrected chi connectivity index (χ1v) is 12.3. The average Bonchev–Trinajstić information content (AvgIpc) is 3.07. The summed E-state index contributed by atoms with van der Waals surface area (Å²) in [5, 5.41) is 0. The minimum atomic E-state index is -3.31. The molecule has 32 heavy (non-hydrogen) atoms. The van der Waals surface area contributed by atoms with Gasteiger partial charge in [0.2, 0.25) is 0 Å². The number of ketones is 3. The van der Waals surface area contributed by atoms with Gasteiger partial charge < -0.3 is 4.90 Å². The van der Waals surface area contributed by atoms with Crippen molar-refractivity contribution in [3.63, 3.8) is 0 Å². The number of benzene rings is 2. The van der Waals surface area contributed by atoms with Crippen molar-refractivity contribution in [1.82, 2.24) is 4.90 Å². The summed E-state index contributed by atoms with van der Waals surface area (Å²) in [5.74, 6) is -0.564. The van der Waals surface area contributed by atoms with E-state index in [1.807, 2.05) is 12.1 Å². The third kappa shape index (κ3) is 4.41. The van der Waals surface area contributed by atoms with Gasteiger partial charge in [0, 0.05) is 36.8 Å². The number of carbonyl (C=O) groups excluding carboxylic acids is 4. The second kappa shape index (κ2) is 8.43. The van der Waals surface area contributed by atoms with Gasteiger partial charge in [-0.1, -0.05) is 24.3 Å². The standard InChI is InChI=1S/C24H23NO6S/c1-32(30,31)19-7-4-16(5-8-19)22(27)11-3-15-2-9-20-17(12-15)14-25(24(20)29)21-10-6-18(26)13-23(21)28/h2,4-5,7-9,12,21H,3,6,10-11,13-14H2,1H3. The zero-order valence-electron chi connectivity index (χ0n) is 17.7. The molecule has 1 fully saturated rings. The Hall–Kier alpha value is -3.13. The Labute approximate surface area is 186 Å². The lowest BCUT2D eigenvalue weighted by Gasteiger charge is -2.29. The van der Waals surface area contributed by atoms with E-state index in [2.05, 4.69) is 0 Å². The van der Waals surface area contributed by atoms with E-state index in [4.69, 9.17) is 0 Å². The topological polar surface area (TPSA) is 106 Å². The molecule has 0 bridgehead atoms. The molecule has 1 heterocycles. The fourth-order valence-electron chi connectivity index (χ4n) is 4.28. The number of Topliss-reactive ketones (excluding diaryl/α,β-unsaturated/α-hetero) is 3. The van der Waals surface area contributed by atoms with Crippen molar-refractivity contribution in [2.45, 2.75) is 49.6 Å². The molecule has 1 unspecified atom stereocenters. The molecule has 8 heteroatoms. The maximum atomic E-state index is 12.8. The van der Waals surface area contributed by atoms with E-state index in [0.717, 1.165) is 17.4 Å². The molecule has 0 saturated heterocycles. The van der Waals surface area contributed by atoms with E-state index in [-0.39, 0.29) is 41.0 Å². The molecule has 0 radical (unpaired) electrons. The predicted octanol–water partition coefficient (Wildman–Crippen LogP) is 2.55. The van der Waals surface area contributed by atoms with Crippen LogP contribution in [0.1, 0.15) is 57.5 Å². The Bertz CT molecular complexity index is 1230. The Balaban J connectivity index is 1.41. The van der Waals surface area contributed by atoms with Crippen molar-refractivity contribution in [2.75, 3.05) is 6.26 Å². The summed E-state index contributed by atoms with van der Waals surface area (Å²) in [5.41, 5.74) is 2.73. The molecule has 2 aromatic rings. The van der Waals surface area contributed by atoms with Gasteiger partial charge >= 0.3 is 0 Å². The van der Waals surface area contributed by atoms with E-state index >= 15 is 0 Å². The molecule has 166 valence electrons. The number of amides is 1. The lowest BCUT2D eigenvalue weighted by atomic mass is 9.92. The van der Waals surface area contributed by atoms with Crippen LogP contribution in [0.3, 0.4) is 0 Å². The van der Waals surface area contributed by atoms with Crippen molar-refractivity contribution in [3.05, 3.63) is 64.7 Å². The van der Waals surface area contributed by atoms with Crippen molar-refractivity contribution in [3.8, 4) is 0 Å². The number of aryl methyl sites for hydroxylation is 1. The Kier molecular flexibility index (Phi) is 5.81. The minimum Gasteiger partial charge on any atom is -0.324 e. The molecule has 2 aliphatic rings. The maximum Gasteiger partial charge on any atom is 0.255 e. The van der Waals surface area contributed by atoms with Crippen LogP contribution in [0, 0.1) is 0 Å². The molecule has 0 aromatic heterocycles. The molecule has 0 N–H and O–H groups in total. The van der Waals surface area contributed by atoms with Crippen molar-refractivity contribution >= 4 is 33.1 Å². The highest BCUT2D eigenvalue weighted by Gasteiger charge is 2.38. The van der Waals surface area contributed by atoms with Gasteiger partial charge in [0.1, 0.15) is 5.78 Å². The zero-order valence-corrected chi connectivity index (χ0v) is 18.5.